The van der Waals surface area contributed by atoms with E-state index in [-0.39, 0.29) is 5.54 Å². The van der Waals surface area contributed by atoms with Gasteiger partial charge in [-0.15, -0.1) is 0 Å². The molecule has 1 atom stereocenters. The van der Waals surface area contributed by atoms with Gasteiger partial charge in [-0.05, 0) is 63.1 Å². The number of aryl methyl sites for hydroxylation is 2. The average molecular weight is 277 g/mol. The molecule has 2 heteroatoms. The summed E-state index contributed by atoms with van der Waals surface area (Å²) in [5, 5.41) is 3.42. The third-order valence-corrected chi connectivity index (χ3v) is 5.28. The van der Waals surface area contributed by atoms with E-state index >= 15 is 0 Å². The van der Waals surface area contributed by atoms with Crippen LogP contribution in [-0.4, -0.2) is 7.05 Å². The molecule has 0 bridgehead atoms. The summed E-state index contributed by atoms with van der Waals surface area (Å²) in [6.45, 7) is 9.26. The molecule has 0 saturated heterocycles. The summed E-state index contributed by atoms with van der Waals surface area (Å²) in [5.41, 5.74) is 1.88. The Morgan fingerprint density at radius 1 is 1.25 bits per heavy atom. The molecule has 1 aliphatic rings. The molecule has 0 radical (unpaired) electrons. The molecule has 0 spiro atoms. The zero-order valence-electron chi connectivity index (χ0n) is 13.9. The van der Waals surface area contributed by atoms with Gasteiger partial charge >= 0.3 is 0 Å². The fraction of sp³-hybridized carbons (Fsp3) is 0.778. The topological polar surface area (TPSA) is 25.2 Å². The summed E-state index contributed by atoms with van der Waals surface area (Å²) in [7, 11) is 2.03. The van der Waals surface area contributed by atoms with E-state index in [0.717, 1.165) is 25.0 Å². The van der Waals surface area contributed by atoms with Gasteiger partial charge in [-0.3, -0.25) is 0 Å². The molecule has 0 aromatic carbocycles. The van der Waals surface area contributed by atoms with E-state index < -0.39 is 0 Å². The molecule has 20 heavy (non-hydrogen) atoms. The predicted molar refractivity (Wildman–Crippen MR) is 85.1 cm³/mol. The van der Waals surface area contributed by atoms with Gasteiger partial charge in [0.15, 0.2) is 0 Å². The Labute approximate surface area is 124 Å². The van der Waals surface area contributed by atoms with Crippen molar-refractivity contribution in [1.82, 2.24) is 5.32 Å². The molecule has 0 aliphatic heterocycles. The van der Waals surface area contributed by atoms with Crippen molar-refractivity contribution in [3.8, 4) is 0 Å². The number of hydrogen-bond acceptors (Lipinski definition) is 2. The van der Waals surface area contributed by atoms with Crippen LogP contribution in [0.3, 0.4) is 0 Å². The van der Waals surface area contributed by atoms with E-state index in [1.54, 1.807) is 0 Å². The lowest BCUT2D eigenvalue weighted by atomic mass is 9.82. The lowest BCUT2D eigenvalue weighted by Gasteiger charge is -2.25. The number of rotatable bonds is 3. The highest BCUT2D eigenvalue weighted by atomic mass is 16.3. The van der Waals surface area contributed by atoms with E-state index in [9.17, 15) is 0 Å². The van der Waals surface area contributed by atoms with Crippen molar-refractivity contribution in [2.45, 2.75) is 78.2 Å². The number of hydrogen-bond donors (Lipinski definition) is 1. The Morgan fingerprint density at radius 3 is 2.65 bits per heavy atom. The van der Waals surface area contributed by atoms with Gasteiger partial charge in [-0.2, -0.15) is 0 Å². The zero-order chi connectivity index (χ0) is 14.8. The van der Waals surface area contributed by atoms with Gasteiger partial charge in [0.2, 0.25) is 0 Å². The monoisotopic (exact) mass is 277 g/mol. The van der Waals surface area contributed by atoms with Crippen LogP contribution in [0.1, 0.15) is 76.9 Å². The second-order valence-electron chi connectivity index (χ2n) is 7.37. The first-order chi connectivity index (χ1) is 9.40. The van der Waals surface area contributed by atoms with Crippen LogP contribution in [0.5, 0.6) is 0 Å². The molecule has 2 rings (SSSR count). The third kappa shape index (κ3) is 3.28. The first-order valence-electron chi connectivity index (χ1n) is 8.21. The fourth-order valence-electron chi connectivity index (χ4n) is 3.12. The van der Waals surface area contributed by atoms with Crippen LogP contribution in [0.4, 0.5) is 0 Å². The first-order valence-corrected chi connectivity index (χ1v) is 8.21. The van der Waals surface area contributed by atoms with Crippen molar-refractivity contribution < 1.29 is 4.42 Å². The molecule has 0 saturated carbocycles. The smallest absolute Gasteiger partial charge is 0.124 e. The molecule has 1 N–H and O–H groups in total. The summed E-state index contributed by atoms with van der Waals surface area (Å²) in [4.78, 5) is 0. The van der Waals surface area contributed by atoms with E-state index in [1.165, 1.54) is 37.0 Å². The summed E-state index contributed by atoms with van der Waals surface area (Å²) in [6.07, 6.45) is 8.49. The minimum atomic E-state index is -0.0351. The first kappa shape index (κ1) is 15.6. The SMILES string of the molecule is CCC(C)(NC)c1cc2c(o1)CCCCC(C)(C)CC2. The molecule has 1 unspecified atom stereocenters. The second kappa shape index (κ2) is 5.93. The van der Waals surface area contributed by atoms with E-state index in [2.05, 4.69) is 39.1 Å². The van der Waals surface area contributed by atoms with Crippen LogP contribution in [-0.2, 0) is 18.4 Å². The maximum atomic E-state index is 6.25. The van der Waals surface area contributed by atoms with E-state index in [1.807, 2.05) is 7.05 Å². The van der Waals surface area contributed by atoms with Gasteiger partial charge in [0.25, 0.3) is 0 Å². The highest BCUT2D eigenvalue weighted by Crippen LogP contribution is 2.35. The molecule has 1 heterocycles. The van der Waals surface area contributed by atoms with Crippen molar-refractivity contribution in [1.29, 1.82) is 0 Å². The second-order valence-corrected chi connectivity index (χ2v) is 7.37. The molecule has 0 fully saturated rings. The van der Waals surface area contributed by atoms with Gasteiger partial charge in [0.05, 0.1) is 5.54 Å². The lowest BCUT2D eigenvalue weighted by Crippen LogP contribution is -2.35. The highest BCUT2D eigenvalue weighted by molar-refractivity contribution is 5.26. The standard InChI is InChI=1S/C18H31NO/c1-6-18(4,19-5)16-13-14-10-12-17(2,3)11-8-7-9-15(14)20-16/h13,19H,6-12H2,1-5H3. The zero-order valence-corrected chi connectivity index (χ0v) is 13.9. The van der Waals surface area contributed by atoms with Gasteiger partial charge in [-0.25, -0.2) is 0 Å². The minimum absolute atomic E-state index is 0.0351. The summed E-state index contributed by atoms with van der Waals surface area (Å²) in [6, 6.07) is 2.32. The Morgan fingerprint density at radius 2 is 2.00 bits per heavy atom. The van der Waals surface area contributed by atoms with Crippen LogP contribution in [0.25, 0.3) is 0 Å². The van der Waals surface area contributed by atoms with Crippen LogP contribution in [0.15, 0.2) is 10.5 Å². The fourth-order valence-corrected chi connectivity index (χ4v) is 3.12. The van der Waals surface area contributed by atoms with Gasteiger partial charge < -0.3 is 9.73 Å². The maximum Gasteiger partial charge on any atom is 0.124 e. The summed E-state index contributed by atoms with van der Waals surface area (Å²) >= 11 is 0. The van der Waals surface area contributed by atoms with E-state index in [0.29, 0.717) is 5.41 Å². The van der Waals surface area contributed by atoms with Crippen molar-refractivity contribution in [2.75, 3.05) is 7.05 Å². The summed E-state index contributed by atoms with van der Waals surface area (Å²) in [5.74, 6) is 2.36. The number of furan rings is 1. The number of fused-ring (bicyclic) bond motifs is 1. The van der Waals surface area contributed by atoms with Crippen LogP contribution in [0.2, 0.25) is 0 Å². The van der Waals surface area contributed by atoms with Gasteiger partial charge in [0, 0.05) is 6.42 Å². The predicted octanol–water partition coefficient (Wildman–Crippen LogP) is 4.81. The minimum Gasteiger partial charge on any atom is -0.464 e. The highest BCUT2D eigenvalue weighted by Gasteiger charge is 2.29. The quantitative estimate of drug-likeness (QED) is 0.857. The molecular weight excluding hydrogens is 246 g/mol. The summed E-state index contributed by atoms with van der Waals surface area (Å²) < 4.78 is 6.25. The molecule has 0 amide bonds. The van der Waals surface area contributed by atoms with Gasteiger partial charge in [-0.1, -0.05) is 27.2 Å². The van der Waals surface area contributed by atoms with Crippen LogP contribution >= 0.6 is 0 Å². The Bertz CT molecular complexity index is 440. The van der Waals surface area contributed by atoms with Crippen LogP contribution in [0, 0.1) is 5.41 Å². The normalized spacial score (nSPS) is 22.2. The van der Waals surface area contributed by atoms with Crippen molar-refractivity contribution in [3.05, 3.63) is 23.2 Å². The molecule has 1 aromatic rings. The Hall–Kier alpha value is -0.760. The molecule has 114 valence electrons. The average Bonchev–Trinajstić information content (AvgIpc) is 2.85. The Kier molecular flexibility index (Phi) is 4.63. The van der Waals surface area contributed by atoms with Gasteiger partial charge in [0.1, 0.15) is 11.5 Å². The van der Waals surface area contributed by atoms with Crippen molar-refractivity contribution >= 4 is 0 Å². The van der Waals surface area contributed by atoms with Crippen molar-refractivity contribution in [2.24, 2.45) is 5.41 Å². The molecule has 2 nitrogen and oxygen atoms in total. The Balaban J connectivity index is 2.27. The van der Waals surface area contributed by atoms with Crippen LogP contribution < -0.4 is 5.32 Å². The maximum absolute atomic E-state index is 6.25. The lowest BCUT2D eigenvalue weighted by molar-refractivity contribution is 0.291. The third-order valence-electron chi connectivity index (χ3n) is 5.28. The number of nitrogens with one attached hydrogen (secondary N) is 1. The van der Waals surface area contributed by atoms with Crippen molar-refractivity contribution in [3.63, 3.8) is 0 Å². The van der Waals surface area contributed by atoms with E-state index in [4.69, 9.17) is 4.42 Å². The molecule has 1 aromatic heterocycles. The molecule has 1 aliphatic carbocycles. The largest absolute Gasteiger partial charge is 0.464 e. The molecular formula is C18H31NO.